The summed E-state index contributed by atoms with van der Waals surface area (Å²) in [5, 5.41) is 0. The summed E-state index contributed by atoms with van der Waals surface area (Å²) in [7, 11) is 0. The number of rotatable bonds is 4. The van der Waals surface area contributed by atoms with Gasteiger partial charge in [0.1, 0.15) is 5.78 Å². The van der Waals surface area contributed by atoms with Crippen molar-refractivity contribution in [2.75, 3.05) is 0 Å². The summed E-state index contributed by atoms with van der Waals surface area (Å²) in [6.07, 6.45) is 0.456. The van der Waals surface area contributed by atoms with Gasteiger partial charge < -0.3 is 0 Å². The number of aryl methyl sites for hydroxylation is 2. The highest BCUT2D eigenvalue weighted by molar-refractivity contribution is 6.08. The predicted molar refractivity (Wildman–Crippen MR) is 60.2 cm³/mol. The molecule has 2 nitrogen and oxygen atoms in total. The van der Waals surface area contributed by atoms with Crippen LogP contribution in [0.5, 0.6) is 0 Å². The highest BCUT2D eigenvalue weighted by Crippen LogP contribution is 2.13. The van der Waals surface area contributed by atoms with Crippen LogP contribution in [0.25, 0.3) is 0 Å². The number of carbonyl (C=O) groups excluding carboxylic acids is 2. The lowest BCUT2D eigenvalue weighted by Gasteiger charge is -2.05. The Morgan fingerprint density at radius 3 is 2.47 bits per heavy atom. The van der Waals surface area contributed by atoms with E-state index in [4.69, 9.17) is 0 Å². The van der Waals surface area contributed by atoms with Crippen LogP contribution in [0.1, 0.15) is 41.3 Å². The summed E-state index contributed by atoms with van der Waals surface area (Å²) in [4.78, 5) is 22.9. The summed E-state index contributed by atoms with van der Waals surface area (Å²) >= 11 is 0. The van der Waals surface area contributed by atoms with Gasteiger partial charge in [-0.1, -0.05) is 24.6 Å². The lowest BCUT2D eigenvalue weighted by Crippen LogP contribution is -2.08. The molecule has 0 saturated heterocycles. The zero-order chi connectivity index (χ0) is 11.4. The first-order valence-electron chi connectivity index (χ1n) is 5.16. The molecule has 0 N–H and O–H groups in total. The largest absolute Gasteiger partial charge is 0.299 e. The molecule has 0 radical (unpaired) electrons. The molecule has 0 spiro atoms. The van der Waals surface area contributed by atoms with Gasteiger partial charge in [-0.15, -0.1) is 0 Å². The van der Waals surface area contributed by atoms with Gasteiger partial charge in [-0.3, -0.25) is 9.59 Å². The number of benzene rings is 1. The van der Waals surface area contributed by atoms with Crippen LogP contribution >= 0.6 is 0 Å². The van der Waals surface area contributed by atoms with Gasteiger partial charge in [0, 0.05) is 12.0 Å². The van der Waals surface area contributed by atoms with Gasteiger partial charge in [0.2, 0.25) is 0 Å². The molecule has 1 aromatic rings. The summed E-state index contributed by atoms with van der Waals surface area (Å²) in [5.41, 5.74) is 2.67. The van der Waals surface area contributed by atoms with Crippen molar-refractivity contribution in [2.24, 2.45) is 0 Å². The highest BCUT2D eigenvalue weighted by Gasteiger charge is 2.12. The SMILES string of the molecule is CCC(=O)CC(=O)c1cc(C)ccc1C. The van der Waals surface area contributed by atoms with E-state index >= 15 is 0 Å². The van der Waals surface area contributed by atoms with Gasteiger partial charge in [-0.25, -0.2) is 0 Å². The molecule has 0 fully saturated rings. The third-order valence-electron chi connectivity index (χ3n) is 2.45. The van der Waals surface area contributed by atoms with Crippen LogP contribution in [0.3, 0.4) is 0 Å². The van der Waals surface area contributed by atoms with E-state index in [0.717, 1.165) is 11.1 Å². The van der Waals surface area contributed by atoms with Crippen molar-refractivity contribution in [3.63, 3.8) is 0 Å². The van der Waals surface area contributed by atoms with Gasteiger partial charge in [-0.2, -0.15) is 0 Å². The lowest BCUT2D eigenvalue weighted by molar-refractivity contribution is -0.117. The minimum Gasteiger partial charge on any atom is -0.299 e. The molecule has 1 rings (SSSR count). The molecule has 0 amide bonds. The zero-order valence-corrected chi connectivity index (χ0v) is 9.46. The van der Waals surface area contributed by atoms with Gasteiger partial charge >= 0.3 is 0 Å². The number of hydrogen-bond acceptors (Lipinski definition) is 2. The van der Waals surface area contributed by atoms with Crippen molar-refractivity contribution < 1.29 is 9.59 Å². The molecule has 0 aliphatic carbocycles. The fourth-order valence-corrected chi connectivity index (χ4v) is 1.44. The predicted octanol–water partition coefficient (Wildman–Crippen LogP) is 2.86. The second-order valence-corrected chi connectivity index (χ2v) is 3.81. The van der Waals surface area contributed by atoms with E-state index in [1.807, 2.05) is 32.0 Å². The van der Waals surface area contributed by atoms with E-state index in [9.17, 15) is 9.59 Å². The van der Waals surface area contributed by atoms with E-state index in [1.165, 1.54) is 0 Å². The number of carbonyl (C=O) groups is 2. The Morgan fingerprint density at radius 2 is 1.87 bits per heavy atom. The van der Waals surface area contributed by atoms with Crippen molar-refractivity contribution in [3.8, 4) is 0 Å². The monoisotopic (exact) mass is 204 g/mol. The maximum absolute atomic E-state index is 11.8. The van der Waals surface area contributed by atoms with Crippen molar-refractivity contribution >= 4 is 11.6 Å². The molecule has 0 heterocycles. The average Bonchev–Trinajstić information content (AvgIpc) is 2.21. The van der Waals surface area contributed by atoms with E-state index in [0.29, 0.717) is 12.0 Å². The molecule has 0 bridgehead atoms. The van der Waals surface area contributed by atoms with E-state index in [1.54, 1.807) is 6.92 Å². The first-order chi connectivity index (χ1) is 7.04. The Morgan fingerprint density at radius 1 is 1.20 bits per heavy atom. The van der Waals surface area contributed by atoms with Crippen LogP contribution in [0.2, 0.25) is 0 Å². The first-order valence-corrected chi connectivity index (χ1v) is 5.16. The molecule has 0 unspecified atom stereocenters. The molecule has 0 aromatic heterocycles. The molecule has 2 heteroatoms. The van der Waals surface area contributed by atoms with Crippen molar-refractivity contribution in [3.05, 3.63) is 34.9 Å². The normalized spacial score (nSPS) is 10.1. The number of Topliss-reactive ketones (excluding diaryl/α,β-unsaturated/α-hetero) is 2. The molecule has 1 aromatic carbocycles. The second kappa shape index (κ2) is 4.87. The minimum absolute atomic E-state index is 0.000839. The second-order valence-electron chi connectivity index (χ2n) is 3.81. The maximum atomic E-state index is 11.8. The Bertz CT molecular complexity index is 392. The fourth-order valence-electron chi connectivity index (χ4n) is 1.44. The van der Waals surface area contributed by atoms with Crippen LogP contribution in [0.15, 0.2) is 18.2 Å². The fraction of sp³-hybridized carbons (Fsp3) is 0.385. The van der Waals surface area contributed by atoms with Gasteiger partial charge in [0.25, 0.3) is 0 Å². The maximum Gasteiger partial charge on any atom is 0.170 e. The van der Waals surface area contributed by atoms with Crippen molar-refractivity contribution in [1.29, 1.82) is 0 Å². The molecule has 0 saturated carbocycles. The topological polar surface area (TPSA) is 34.1 Å². The Kier molecular flexibility index (Phi) is 3.78. The third-order valence-corrected chi connectivity index (χ3v) is 2.45. The summed E-state index contributed by atoms with van der Waals surface area (Å²) in [6, 6.07) is 5.73. The highest BCUT2D eigenvalue weighted by atomic mass is 16.1. The van der Waals surface area contributed by atoms with Crippen LogP contribution < -0.4 is 0 Å². The van der Waals surface area contributed by atoms with Gasteiger partial charge in [0.05, 0.1) is 6.42 Å². The van der Waals surface area contributed by atoms with E-state index in [2.05, 4.69) is 0 Å². The summed E-state index contributed by atoms with van der Waals surface area (Å²) in [5.74, 6) is -0.0658. The summed E-state index contributed by atoms with van der Waals surface area (Å²) < 4.78 is 0. The van der Waals surface area contributed by atoms with Crippen molar-refractivity contribution in [1.82, 2.24) is 0 Å². The number of ketones is 2. The quantitative estimate of drug-likeness (QED) is 0.558. The zero-order valence-electron chi connectivity index (χ0n) is 9.46. The van der Waals surface area contributed by atoms with Crippen LogP contribution in [0.4, 0.5) is 0 Å². The van der Waals surface area contributed by atoms with Crippen LogP contribution in [0, 0.1) is 13.8 Å². The molecule has 0 aliphatic heterocycles. The standard InChI is InChI=1S/C13H16O2/c1-4-11(14)8-13(15)12-7-9(2)5-6-10(12)3/h5-7H,4,8H2,1-3H3. The van der Waals surface area contributed by atoms with Crippen molar-refractivity contribution in [2.45, 2.75) is 33.6 Å². The third kappa shape index (κ3) is 3.01. The molecular weight excluding hydrogens is 188 g/mol. The molecule has 15 heavy (non-hydrogen) atoms. The Hall–Kier alpha value is -1.44. The molecular formula is C13H16O2. The van der Waals surface area contributed by atoms with Gasteiger partial charge in [-0.05, 0) is 25.5 Å². The van der Waals surface area contributed by atoms with E-state index < -0.39 is 0 Å². The Labute approximate surface area is 90.3 Å². The molecule has 80 valence electrons. The van der Waals surface area contributed by atoms with Crippen LogP contribution in [-0.2, 0) is 4.79 Å². The Balaban J connectivity index is 2.91. The lowest BCUT2D eigenvalue weighted by atomic mass is 9.98. The van der Waals surface area contributed by atoms with Gasteiger partial charge in [0.15, 0.2) is 5.78 Å². The average molecular weight is 204 g/mol. The number of hydrogen-bond donors (Lipinski definition) is 0. The summed E-state index contributed by atoms with van der Waals surface area (Å²) in [6.45, 7) is 5.61. The first kappa shape index (κ1) is 11.6. The molecule has 0 atom stereocenters. The minimum atomic E-state index is -0.0666. The van der Waals surface area contributed by atoms with Crippen LogP contribution in [-0.4, -0.2) is 11.6 Å². The smallest absolute Gasteiger partial charge is 0.170 e. The molecule has 0 aliphatic rings. The van der Waals surface area contributed by atoms with E-state index in [-0.39, 0.29) is 18.0 Å².